The number of aryl methyl sites for hydroxylation is 1. The summed E-state index contributed by atoms with van der Waals surface area (Å²) in [6.45, 7) is 5.16. The fourth-order valence-electron chi connectivity index (χ4n) is 2.93. The van der Waals surface area contributed by atoms with E-state index in [9.17, 15) is 18.0 Å². The van der Waals surface area contributed by atoms with Gasteiger partial charge in [-0.05, 0) is 78.7 Å². The summed E-state index contributed by atoms with van der Waals surface area (Å²) in [5.74, 6) is -1.03. The predicted molar refractivity (Wildman–Crippen MR) is 108 cm³/mol. The van der Waals surface area contributed by atoms with E-state index in [0.29, 0.717) is 11.3 Å². The SMILES string of the molecule is Cc1ccc(NC(=O)c2ccc(N3C(=O)C(C)(C)CS3(=O)=O)cc2)c(Br)c1. The van der Waals surface area contributed by atoms with E-state index in [4.69, 9.17) is 0 Å². The first-order valence-electron chi connectivity index (χ1n) is 8.26. The quantitative estimate of drug-likeness (QED) is 0.771. The molecule has 0 bridgehead atoms. The van der Waals surface area contributed by atoms with Crippen molar-refractivity contribution >= 4 is 49.1 Å². The van der Waals surface area contributed by atoms with Crippen LogP contribution in [0.3, 0.4) is 0 Å². The number of rotatable bonds is 3. The van der Waals surface area contributed by atoms with Crippen LogP contribution in [0.25, 0.3) is 0 Å². The second kappa shape index (κ2) is 6.76. The number of sulfonamides is 1. The number of carbonyl (C=O) groups is 2. The zero-order chi connectivity index (χ0) is 20.0. The molecule has 0 aliphatic carbocycles. The molecule has 0 atom stereocenters. The number of halogens is 1. The van der Waals surface area contributed by atoms with Crippen molar-refractivity contribution in [2.24, 2.45) is 5.41 Å². The van der Waals surface area contributed by atoms with Gasteiger partial charge in [-0.25, -0.2) is 12.7 Å². The second-order valence-electron chi connectivity index (χ2n) is 7.19. The number of nitrogens with one attached hydrogen (secondary N) is 1. The maximum Gasteiger partial charge on any atom is 0.255 e. The van der Waals surface area contributed by atoms with Crippen molar-refractivity contribution < 1.29 is 18.0 Å². The van der Waals surface area contributed by atoms with Crippen molar-refractivity contribution in [3.63, 3.8) is 0 Å². The van der Waals surface area contributed by atoms with Gasteiger partial charge in [0.25, 0.3) is 5.91 Å². The van der Waals surface area contributed by atoms with Crippen molar-refractivity contribution in [1.29, 1.82) is 0 Å². The summed E-state index contributed by atoms with van der Waals surface area (Å²) in [5.41, 5.74) is 1.32. The molecule has 1 N–H and O–H groups in total. The predicted octanol–water partition coefficient (Wildman–Crippen LogP) is 3.71. The van der Waals surface area contributed by atoms with Crippen molar-refractivity contribution in [3.05, 3.63) is 58.1 Å². The van der Waals surface area contributed by atoms with Crippen LogP contribution in [0.1, 0.15) is 29.8 Å². The molecule has 6 nitrogen and oxygen atoms in total. The molecule has 2 aromatic rings. The molecule has 3 rings (SSSR count). The summed E-state index contributed by atoms with van der Waals surface area (Å²) < 4.78 is 26.3. The Kier molecular flexibility index (Phi) is 4.90. The Morgan fingerprint density at radius 2 is 1.78 bits per heavy atom. The van der Waals surface area contributed by atoms with Crippen LogP contribution < -0.4 is 9.62 Å². The summed E-state index contributed by atoms with van der Waals surface area (Å²) in [7, 11) is -3.71. The number of benzene rings is 2. The molecule has 0 radical (unpaired) electrons. The van der Waals surface area contributed by atoms with E-state index in [1.54, 1.807) is 19.9 Å². The van der Waals surface area contributed by atoms with Crippen molar-refractivity contribution in [3.8, 4) is 0 Å². The summed E-state index contributed by atoms with van der Waals surface area (Å²) in [4.78, 5) is 24.9. The van der Waals surface area contributed by atoms with Crippen molar-refractivity contribution in [2.45, 2.75) is 20.8 Å². The lowest BCUT2D eigenvalue weighted by atomic mass is 9.95. The molecule has 0 spiro atoms. The van der Waals surface area contributed by atoms with Gasteiger partial charge in [-0.1, -0.05) is 6.07 Å². The van der Waals surface area contributed by atoms with Crippen molar-refractivity contribution in [2.75, 3.05) is 15.4 Å². The number of hydrogen-bond acceptors (Lipinski definition) is 4. The Morgan fingerprint density at radius 1 is 1.15 bits per heavy atom. The van der Waals surface area contributed by atoms with Crippen LogP contribution in [-0.2, 0) is 14.8 Å². The molecule has 2 amide bonds. The first-order chi connectivity index (χ1) is 12.5. The molecule has 0 aromatic heterocycles. The number of anilines is 2. The molecule has 2 aromatic carbocycles. The van der Waals surface area contributed by atoms with Gasteiger partial charge in [0.05, 0.1) is 22.5 Å². The Bertz CT molecular complexity index is 1030. The van der Waals surface area contributed by atoms with Gasteiger partial charge in [-0.15, -0.1) is 0 Å². The highest BCUT2D eigenvalue weighted by Gasteiger charge is 2.49. The Hall–Kier alpha value is -2.19. The van der Waals surface area contributed by atoms with E-state index in [1.165, 1.54) is 24.3 Å². The third kappa shape index (κ3) is 3.77. The average Bonchev–Trinajstić information content (AvgIpc) is 2.73. The average molecular weight is 451 g/mol. The third-order valence-corrected chi connectivity index (χ3v) is 7.00. The molecule has 1 fully saturated rings. The summed E-state index contributed by atoms with van der Waals surface area (Å²) >= 11 is 3.41. The van der Waals surface area contributed by atoms with E-state index >= 15 is 0 Å². The molecule has 27 heavy (non-hydrogen) atoms. The lowest BCUT2D eigenvalue weighted by molar-refractivity contribution is -0.123. The van der Waals surface area contributed by atoms with E-state index in [1.807, 2.05) is 19.1 Å². The number of hydrogen-bond donors (Lipinski definition) is 1. The second-order valence-corrected chi connectivity index (χ2v) is 9.87. The lowest BCUT2D eigenvalue weighted by Gasteiger charge is -2.17. The Morgan fingerprint density at radius 3 is 2.30 bits per heavy atom. The Labute approximate surface area is 166 Å². The maximum absolute atomic E-state index is 12.4. The molecule has 0 unspecified atom stereocenters. The van der Waals surface area contributed by atoms with E-state index in [0.717, 1.165) is 14.3 Å². The molecule has 0 saturated carbocycles. The van der Waals surface area contributed by atoms with Gasteiger partial charge < -0.3 is 5.32 Å². The van der Waals surface area contributed by atoms with Gasteiger partial charge in [0.1, 0.15) is 0 Å². The van der Waals surface area contributed by atoms with Crippen LogP contribution in [0.5, 0.6) is 0 Å². The molecule has 1 saturated heterocycles. The van der Waals surface area contributed by atoms with Crippen LogP contribution in [0.4, 0.5) is 11.4 Å². The topological polar surface area (TPSA) is 83.6 Å². The largest absolute Gasteiger partial charge is 0.321 e. The highest BCUT2D eigenvalue weighted by atomic mass is 79.9. The summed E-state index contributed by atoms with van der Waals surface area (Å²) in [5, 5.41) is 2.80. The van der Waals surface area contributed by atoms with E-state index < -0.39 is 21.3 Å². The Balaban J connectivity index is 1.83. The number of carbonyl (C=O) groups excluding carboxylic acids is 2. The van der Waals surface area contributed by atoms with Crippen LogP contribution >= 0.6 is 15.9 Å². The molecule has 142 valence electrons. The molecule has 1 aliphatic rings. The fourth-order valence-corrected chi connectivity index (χ4v) is 5.63. The van der Waals surface area contributed by atoms with Gasteiger partial charge in [0, 0.05) is 10.0 Å². The normalized spacial score (nSPS) is 17.8. The minimum Gasteiger partial charge on any atom is -0.321 e. The minimum atomic E-state index is -3.71. The zero-order valence-electron chi connectivity index (χ0n) is 15.1. The highest BCUT2D eigenvalue weighted by molar-refractivity contribution is 9.10. The fraction of sp³-hybridized carbons (Fsp3) is 0.263. The molecule has 8 heteroatoms. The van der Waals surface area contributed by atoms with Gasteiger partial charge in [0.2, 0.25) is 15.9 Å². The van der Waals surface area contributed by atoms with Crippen molar-refractivity contribution in [1.82, 2.24) is 0 Å². The van der Waals surface area contributed by atoms with E-state index in [2.05, 4.69) is 21.2 Å². The first kappa shape index (κ1) is 19.6. The third-order valence-electron chi connectivity index (χ3n) is 4.32. The standard InChI is InChI=1S/C19H19BrN2O4S/c1-12-4-9-16(15(20)10-12)21-17(23)13-5-7-14(8-6-13)22-18(24)19(2,3)11-27(22,25)26/h4-10H,11H2,1-3H3,(H,21,23). The molecule has 1 aliphatic heterocycles. The summed E-state index contributed by atoms with van der Waals surface area (Å²) in [6, 6.07) is 11.5. The van der Waals surface area contributed by atoms with Gasteiger partial charge in [0.15, 0.2) is 0 Å². The monoisotopic (exact) mass is 450 g/mol. The zero-order valence-corrected chi connectivity index (χ0v) is 17.5. The molecular weight excluding hydrogens is 432 g/mol. The van der Waals surface area contributed by atoms with Crippen LogP contribution in [-0.4, -0.2) is 26.0 Å². The van der Waals surface area contributed by atoms with Crippen LogP contribution in [0.2, 0.25) is 0 Å². The molecular formula is C19H19BrN2O4S. The van der Waals surface area contributed by atoms with Gasteiger partial charge >= 0.3 is 0 Å². The van der Waals surface area contributed by atoms with Gasteiger partial charge in [-0.3, -0.25) is 9.59 Å². The highest BCUT2D eigenvalue weighted by Crippen LogP contribution is 2.35. The van der Waals surface area contributed by atoms with Crippen LogP contribution in [0, 0.1) is 12.3 Å². The number of amides is 2. The lowest BCUT2D eigenvalue weighted by Crippen LogP contribution is -2.32. The number of nitrogens with zero attached hydrogens (tertiary/aromatic N) is 1. The maximum atomic E-state index is 12.4. The minimum absolute atomic E-state index is 0.234. The van der Waals surface area contributed by atoms with Crippen LogP contribution in [0.15, 0.2) is 46.9 Å². The van der Waals surface area contributed by atoms with Gasteiger partial charge in [-0.2, -0.15) is 0 Å². The van der Waals surface area contributed by atoms with E-state index in [-0.39, 0.29) is 17.3 Å². The molecule has 1 heterocycles. The first-order valence-corrected chi connectivity index (χ1v) is 10.7. The smallest absolute Gasteiger partial charge is 0.255 e. The summed E-state index contributed by atoms with van der Waals surface area (Å²) in [6.07, 6.45) is 0.